The van der Waals surface area contributed by atoms with Gasteiger partial charge in [0.15, 0.2) is 11.6 Å². The molecule has 0 atom stereocenters. The third-order valence-corrected chi connectivity index (χ3v) is 5.52. The Bertz CT molecular complexity index is 872. The molecule has 0 unspecified atom stereocenters. The molecule has 0 bridgehead atoms. The van der Waals surface area contributed by atoms with Crippen molar-refractivity contribution in [1.82, 2.24) is 20.3 Å². The van der Waals surface area contributed by atoms with Crippen molar-refractivity contribution in [2.24, 2.45) is 0 Å². The van der Waals surface area contributed by atoms with Crippen LogP contribution in [-0.4, -0.2) is 53.1 Å². The van der Waals surface area contributed by atoms with Crippen LogP contribution in [0.25, 0.3) is 11.3 Å². The van der Waals surface area contributed by atoms with Crippen molar-refractivity contribution in [3.8, 4) is 0 Å². The lowest BCUT2D eigenvalue weighted by molar-refractivity contribution is 0.122. The monoisotopic (exact) mass is 344 g/mol. The van der Waals surface area contributed by atoms with Crippen LogP contribution in [0.3, 0.4) is 0 Å². The summed E-state index contributed by atoms with van der Waals surface area (Å²) in [5.74, 6) is 1.71. The summed E-state index contributed by atoms with van der Waals surface area (Å²) >= 11 is 1.83. The van der Waals surface area contributed by atoms with Crippen molar-refractivity contribution in [2.45, 2.75) is 13.0 Å². The van der Waals surface area contributed by atoms with Crippen LogP contribution >= 0.6 is 11.3 Å². The van der Waals surface area contributed by atoms with E-state index in [9.17, 15) is 0 Å². The van der Waals surface area contributed by atoms with E-state index in [-0.39, 0.29) is 0 Å². The first-order chi connectivity index (χ1) is 11.9. The lowest BCUT2D eigenvalue weighted by Crippen LogP contribution is -2.39. The molecule has 5 rings (SSSR count). The van der Waals surface area contributed by atoms with Crippen LogP contribution in [0.5, 0.6) is 0 Å². The van der Waals surface area contributed by atoms with Crippen molar-refractivity contribution in [1.29, 1.82) is 0 Å². The zero-order valence-electron chi connectivity index (χ0n) is 13.0. The molecule has 1 fully saturated rings. The predicted molar refractivity (Wildman–Crippen MR) is 89.5 cm³/mol. The fraction of sp³-hybridized carbons (Fsp3) is 0.467. The van der Waals surface area contributed by atoms with Gasteiger partial charge < -0.3 is 14.5 Å². The second-order valence-corrected chi connectivity index (χ2v) is 6.92. The Morgan fingerprint density at radius 3 is 2.50 bits per heavy atom. The normalized spacial score (nSPS) is 18.2. The van der Waals surface area contributed by atoms with Crippen LogP contribution < -0.4 is 9.80 Å². The number of hydrogen-bond acceptors (Lipinski definition) is 9. The Balaban J connectivity index is 1.58. The molecule has 0 amide bonds. The Hall–Kier alpha value is -2.26. The summed E-state index contributed by atoms with van der Waals surface area (Å²) in [5, 5.41) is 9.88. The summed E-state index contributed by atoms with van der Waals surface area (Å²) in [6.45, 7) is 4.78. The largest absolute Gasteiger partial charge is 0.378 e. The van der Waals surface area contributed by atoms with Gasteiger partial charge in [-0.25, -0.2) is 14.6 Å². The van der Waals surface area contributed by atoms with E-state index in [1.165, 1.54) is 10.4 Å². The average molecular weight is 344 g/mol. The van der Waals surface area contributed by atoms with Gasteiger partial charge in [-0.05, 0) is 33.7 Å². The van der Waals surface area contributed by atoms with Crippen LogP contribution in [0.1, 0.15) is 10.4 Å². The van der Waals surface area contributed by atoms with Crippen LogP contribution in [0.4, 0.5) is 11.6 Å². The van der Waals surface area contributed by atoms with E-state index >= 15 is 0 Å². The van der Waals surface area contributed by atoms with Gasteiger partial charge in [0.05, 0.1) is 13.2 Å². The number of rotatable bonds is 2. The minimum absolute atomic E-state index is 0.452. The summed E-state index contributed by atoms with van der Waals surface area (Å²) in [5.41, 5.74) is 2.28. The number of aromatic nitrogens is 4. The van der Waals surface area contributed by atoms with E-state index < -0.39 is 0 Å². The highest BCUT2D eigenvalue weighted by Gasteiger charge is 2.26. The van der Waals surface area contributed by atoms with E-state index in [4.69, 9.17) is 14.3 Å². The van der Waals surface area contributed by atoms with Gasteiger partial charge in [-0.2, -0.15) is 0 Å². The van der Waals surface area contributed by atoms with Crippen LogP contribution in [0, 0.1) is 0 Å². The molecule has 1 saturated heterocycles. The standard InChI is InChI=1S/C15H16N6O2S/c1-3-21(9-10-2-8-24-11(1)10)15-14(20-4-6-22-7-5-20)16-12-13(17-15)19-23-18-12/h2,8H,1,3-7,9H2. The number of anilines is 2. The first-order valence-corrected chi connectivity index (χ1v) is 8.89. The molecule has 0 radical (unpaired) electrons. The molecule has 2 aliphatic rings. The fourth-order valence-corrected chi connectivity index (χ4v) is 4.14. The molecule has 0 saturated carbocycles. The van der Waals surface area contributed by atoms with Crippen molar-refractivity contribution < 1.29 is 9.37 Å². The van der Waals surface area contributed by atoms with Gasteiger partial charge >= 0.3 is 0 Å². The van der Waals surface area contributed by atoms with Crippen LogP contribution in [0.2, 0.25) is 0 Å². The Labute approximate surface area is 142 Å². The molecule has 124 valence electrons. The average Bonchev–Trinajstić information content (AvgIpc) is 3.29. The molecule has 9 heteroatoms. The zero-order valence-corrected chi connectivity index (χ0v) is 13.8. The lowest BCUT2D eigenvalue weighted by Gasteiger charge is -2.33. The summed E-state index contributed by atoms with van der Waals surface area (Å²) < 4.78 is 10.3. The molecule has 0 aliphatic carbocycles. The third-order valence-electron chi connectivity index (χ3n) is 4.50. The van der Waals surface area contributed by atoms with Gasteiger partial charge in [0, 0.05) is 31.1 Å². The molecule has 8 nitrogen and oxygen atoms in total. The van der Waals surface area contributed by atoms with Crippen LogP contribution in [0.15, 0.2) is 16.1 Å². The van der Waals surface area contributed by atoms with Crippen molar-refractivity contribution >= 4 is 34.3 Å². The summed E-state index contributed by atoms with van der Waals surface area (Å²) in [7, 11) is 0. The molecule has 0 N–H and O–H groups in total. The maximum atomic E-state index is 5.47. The van der Waals surface area contributed by atoms with E-state index in [2.05, 4.69) is 36.5 Å². The second kappa shape index (κ2) is 5.67. The summed E-state index contributed by atoms with van der Waals surface area (Å²) in [6, 6.07) is 2.20. The third kappa shape index (κ3) is 2.31. The number of ether oxygens (including phenoxy) is 1. The smallest absolute Gasteiger partial charge is 0.245 e. The van der Waals surface area contributed by atoms with E-state index in [1.54, 1.807) is 0 Å². The first-order valence-electron chi connectivity index (χ1n) is 8.02. The molecule has 5 heterocycles. The molecule has 24 heavy (non-hydrogen) atoms. The maximum absolute atomic E-state index is 5.47. The van der Waals surface area contributed by atoms with Crippen molar-refractivity contribution in [2.75, 3.05) is 42.6 Å². The zero-order chi connectivity index (χ0) is 15.9. The minimum Gasteiger partial charge on any atom is -0.378 e. The number of thiophene rings is 1. The fourth-order valence-electron chi connectivity index (χ4n) is 3.25. The lowest BCUT2D eigenvalue weighted by atomic mass is 10.1. The molecular formula is C15H16N6O2S. The number of morpholine rings is 1. The van der Waals surface area contributed by atoms with Crippen molar-refractivity contribution in [3.63, 3.8) is 0 Å². The predicted octanol–water partition coefficient (Wildman–Crippen LogP) is 1.47. The highest BCUT2D eigenvalue weighted by molar-refractivity contribution is 7.10. The van der Waals surface area contributed by atoms with Crippen LogP contribution in [-0.2, 0) is 17.7 Å². The quantitative estimate of drug-likeness (QED) is 0.691. The summed E-state index contributed by atoms with van der Waals surface area (Å²) in [6.07, 6.45) is 1.03. The number of fused-ring (bicyclic) bond motifs is 2. The SMILES string of the molecule is c1cc2c(s1)CCN(c1nc3nonc3nc1N1CCOCC1)C2. The highest BCUT2D eigenvalue weighted by Crippen LogP contribution is 2.33. The second-order valence-electron chi connectivity index (χ2n) is 5.92. The van der Waals surface area contributed by atoms with Gasteiger partial charge in [0.25, 0.3) is 0 Å². The van der Waals surface area contributed by atoms with E-state index in [0.717, 1.165) is 44.2 Å². The molecular weight excluding hydrogens is 328 g/mol. The van der Waals surface area contributed by atoms with Gasteiger partial charge in [0.1, 0.15) is 0 Å². The van der Waals surface area contributed by atoms with Crippen molar-refractivity contribution in [3.05, 3.63) is 21.9 Å². The van der Waals surface area contributed by atoms with Gasteiger partial charge in [-0.3, -0.25) is 0 Å². The van der Waals surface area contributed by atoms with E-state index in [0.29, 0.717) is 24.5 Å². The van der Waals surface area contributed by atoms with Gasteiger partial charge in [-0.1, -0.05) is 0 Å². The molecule has 3 aromatic rings. The number of nitrogens with zero attached hydrogens (tertiary/aromatic N) is 6. The van der Waals surface area contributed by atoms with Gasteiger partial charge in [-0.15, -0.1) is 11.3 Å². The van der Waals surface area contributed by atoms with Gasteiger partial charge in [0.2, 0.25) is 11.3 Å². The molecule has 2 aliphatic heterocycles. The Morgan fingerprint density at radius 2 is 1.71 bits per heavy atom. The minimum atomic E-state index is 0.452. The topological polar surface area (TPSA) is 80.4 Å². The molecule has 3 aromatic heterocycles. The molecule has 0 aromatic carbocycles. The highest BCUT2D eigenvalue weighted by atomic mass is 32.1. The maximum Gasteiger partial charge on any atom is 0.245 e. The first kappa shape index (κ1) is 14.1. The number of hydrogen-bond donors (Lipinski definition) is 0. The Morgan fingerprint density at radius 1 is 0.958 bits per heavy atom. The van der Waals surface area contributed by atoms with E-state index in [1.807, 2.05) is 11.3 Å². The Kier molecular flexibility index (Phi) is 3.34. The molecule has 0 spiro atoms. The summed E-state index contributed by atoms with van der Waals surface area (Å²) in [4.78, 5) is 15.3.